The first-order chi connectivity index (χ1) is 18.0. The molecule has 2 saturated heterocycles. The highest BCUT2D eigenvalue weighted by atomic mass is 16.7. The van der Waals surface area contributed by atoms with Gasteiger partial charge < -0.3 is 24.5 Å². The van der Waals surface area contributed by atoms with Crippen LogP contribution in [0, 0.1) is 5.92 Å². The number of pyridine rings is 1. The Morgan fingerprint density at radius 1 is 1.13 bits per heavy atom. The monoisotopic (exact) mass is 522 g/mol. The van der Waals surface area contributed by atoms with Gasteiger partial charge in [0, 0.05) is 12.2 Å². The van der Waals surface area contributed by atoms with Crippen molar-refractivity contribution in [2.24, 2.45) is 5.92 Å². The van der Waals surface area contributed by atoms with Gasteiger partial charge in [0.2, 0.25) is 0 Å². The third-order valence-corrected chi connectivity index (χ3v) is 7.57. The summed E-state index contributed by atoms with van der Waals surface area (Å²) in [4.78, 5) is 45.8. The largest absolute Gasteiger partial charge is 0.652 e. The number of aromatic nitrogens is 1. The number of hydrogen-bond donors (Lipinski definition) is 2. The second kappa shape index (κ2) is 11.3. The lowest BCUT2D eigenvalue weighted by Crippen LogP contribution is -2.56. The topological polar surface area (TPSA) is 118 Å². The highest BCUT2D eigenvalue weighted by molar-refractivity contribution is 6.70. The van der Waals surface area contributed by atoms with Gasteiger partial charge >= 0.3 is 6.69 Å². The molecular formula is C28H37BN3O6-. The van der Waals surface area contributed by atoms with E-state index < -0.39 is 36.6 Å². The summed E-state index contributed by atoms with van der Waals surface area (Å²) >= 11 is 0. The molecule has 0 bridgehead atoms. The summed E-state index contributed by atoms with van der Waals surface area (Å²) in [5.41, 5.74) is 1.63. The number of amides is 1. The fraction of sp³-hybridized carbons (Fsp3) is 0.500. The summed E-state index contributed by atoms with van der Waals surface area (Å²) in [6.07, 6.45) is -0.580. The minimum atomic E-state index is -2.18. The highest BCUT2D eigenvalue weighted by Crippen LogP contribution is 2.45. The number of fused-ring (bicyclic) bond motifs is 1. The van der Waals surface area contributed by atoms with Gasteiger partial charge in [-0.05, 0) is 44.4 Å². The Bertz CT molecular complexity index is 1180. The van der Waals surface area contributed by atoms with Crippen molar-refractivity contribution in [3.8, 4) is 11.3 Å². The van der Waals surface area contributed by atoms with Crippen LogP contribution >= 0.6 is 0 Å². The predicted molar refractivity (Wildman–Crippen MR) is 144 cm³/mol. The van der Waals surface area contributed by atoms with E-state index in [-0.39, 0.29) is 35.8 Å². The van der Waals surface area contributed by atoms with Crippen molar-refractivity contribution in [1.82, 2.24) is 15.1 Å². The Balaban J connectivity index is 1.54. The molecule has 4 rings (SSSR count). The lowest BCUT2D eigenvalue weighted by atomic mass is 9.53. The average Bonchev–Trinajstić information content (AvgIpc) is 3.35. The molecule has 2 aromatic rings. The summed E-state index contributed by atoms with van der Waals surface area (Å²) in [6.45, 7) is 7.53. The average molecular weight is 522 g/mol. The number of nitrogens with one attached hydrogen (secondary N) is 1. The Morgan fingerprint density at radius 3 is 2.50 bits per heavy atom. The van der Waals surface area contributed by atoms with Crippen LogP contribution < -0.4 is 5.32 Å². The van der Waals surface area contributed by atoms with Crippen LogP contribution in [0.2, 0.25) is 5.82 Å². The molecule has 6 atom stereocenters. The van der Waals surface area contributed by atoms with Gasteiger partial charge in [0.25, 0.3) is 11.9 Å². The summed E-state index contributed by atoms with van der Waals surface area (Å²) in [7, 11) is 0. The van der Waals surface area contributed by atoms with Crippen molar-refractivity contribution >= 4 is 24.3 Å². The molecule has 1 amide bonds. The van der Waals surface area contributed by atoms with Gasteiger partial charge in [-0.25, -0.2) is 4.98 Å². The maximum Gasteiger partial charge on any atom is 0.378 e. The van der Waals surface area contributed by atoms with Crippen molar-refractivity contribution in [2.75, 3.05) is 6.61 Å². The molecule has 38 heavy (non-hydrogen) atoms. The Labute approximate surface area is 223 Å². The summed E-state index contributed by atoms with van der Waals surface area (Å²) in [5.74, 6) is -1.49. The minimum absolute atomic E-state index is 0.0191. The number of rotatable bonds is 10. The SMILES string of the molecule is CC(C)C[C@H](CC(=O)[C@@H](NC(=O)c1cccc(-c2ccccc2)n1)[C@@H](C)O)[B-]12OC[C@H](C)N1[C@@H](C)C(=O)O2. The van der Waals surface area contributed by atoms with Crippen LogP contribution in [-0.2, 0) is 18.9 Å². The van der Waals surface area contributed by atoms with Crippen molar-refractivity contribution in [2.45, 2.75) is 77.5 Å². The molecule has 3 heterocycles. The maximum atomic E-state index is 13.6. The molecule has 9 nitrogen and oxygen atoms in total. The zero-order chi connectivity index (χ0) is 27.6. The van der Waals surface area contributed by atoms with Crippen LogP contribution in [-0.4, -0.2) is 70.1 Å². The van der Waals surface area contributed by atoms with E-state index in [1.807, 2.05) is 55.9 Å². The molecule has 0 aliphatic carbocycles. The lowest BCUT2D eigenvalue weighted by molar-refractivity contribution is -0.136. The fourth-order valence-corrected chi connectivity index (χ4v) is 5.87. The van der Waals surface area contributed by atoms with Crippen LogP contribution in [0.4, 0.5) is 0 Å². The van der Waals surface area contributed by atoms with Gasteiger partial charge in [-0.1, -0.05) is 69.4 Å². The van der Waals surface area contributed by atoms with Gasteiger partial charge in [0.1, 0.15) is 11.7 Å². The number of carbonyl (C=O) groups is 3. The number of benzene rings is 1. The Hall–Kier alpha value is -3.08. The zero-order valence-corrected chi connectivity index (χ0v) is 22.7. The van der Waals surface area contributed by atoms with E-state index in [9.17, 15) is 19.5 Å². The number of aliphatic hydroxyl groups is 1. The quantitative estimate of drug-likeness (QED) is 0.457. The molecule has 2 aliphatic heterocycles. The number of carbonyl (C=O) groups excluding carboxylic acids is 3. The van der Waals surface area contributed by atoms with Crippen molar-refractivity contribution in [3.63, 3.8) is 0 Å². The molecule has 0 radical (unpaired) electrons. The summed E-state index contributed by atoms with van der Waals surface area (Å²) < 4.78 is 12.0. The van der Waals surface area contributed by atoms with Gasteiger partial charge in [0.05, 0.1) is 17.8 Å². The number of Topliss-reactive ketones (excluding diaryl/α,β-unsaturated/α-hetero) is 1. The smallest absolute Gasteiger partial charge is 0.378 e. The van der Waals surface area contributed by atoms with E-state index in [1.54, 1.807) is 25.1 Å². The zero-order valence-electron chi connectivity index (χ0n) is 22.7. The van der Waals surface area contributed by atoms with Crippen molar-refractivity contribution in [1.29, 1.82) is 0 Å². The standard InChI is InChI=1S/C28H37BN3O6/c1-17(2)14-22(29-32(18(3)16-37-29)19(4)28(36)38-29)15-25(34)26(20(5)33)31-27(35)24-13-9-12-23(30-24)21-10-7-6-8-11-21/h6-13,17-20,22,26,33H,14-16H2,1-5H3,(H,31,35)/q-1/t18-,19-,20+,22+,26-,29?/m0/s1. The number of nitrogens with zero attached hydrogens (tertiary/aromatic N) is 2. The lowest BCUT2D eigenvalue weighted by Gasteiger charge is -2.45. The summed E-state index contributed by atoms with van der Waals surface area (Å²) in [5, 5.41) is 13.2. The Morgan fingerprint density at radius 2 is 1.84 bits per heavy atom. The molecule has 204 valence electrons. The molecule has 0 spiro atoms. The molecule has 1 unspecified atom stereocenters. The van der Waals surface area contributed by atoms with Crippen molar-refractivity contribution < 1.29 is 28.8 Å². The molecule has 2 N–H and O–H groups in total. The van der Waals surface area contributed by atoms with Crippen LogP contribution in [0.15, 0.2) is 48.5 Å². The molecular weight excluding hydrogens is 485 g/mol. The first-order valence-corrected chi connectivity index (χ1v) is 13.4. The molecule has 1 aromatic carbocycles. The minimum Gasteiger partial charge on any atom is -0.652 e. The van der Waals surface area contributed by atoms with Gasteiger partial charge in [-0.3, -0.25) is 14.4 Å². The van der Waals surface area contributed by atoms with Crippen LogP contribution in [0.3, 0.4) is 0 Å². The molecule has 2 aliphatic rings. The van der Waals surface area contributed by atoms with Crippen LogP contribution in [0.1, 0.15) is 57.9 Å². The second-order valence-corrected chi connectivity index (χ2v) is 11.0. The van der Waals surface area contributed by atoms with E-state index in [2.05, 4.69) is 10.3 Å². The Kier molecular flexibility index (Phi) is 8.35. The number of hydrogen-bond acceptors (Lipinski definition) is 8. The molecule has 0 saturated carbocycles. The van der Waals surface area contributed by atoms with E-state index in [4.69, 9.17) is 9.31 Å². The number of ketones is 1. The first-order valence-electron chi connectivity index (χ1n) is 13.4. The van der Waals surface area contributed by atoms with E-state index in [0.29, 0.717) is 18.7 Å². The van der Waals surface area contributed by atoms with Crippen LogP contribution in [0.25, 0.3) is 11.3 Å². The van der Waals surface area contributed by atoms with Gasteiger partial charge in [-0.2, -0.15) is 0 Å². The fourth-order valence-electron chi connectivity index (χ4n) is 5.87. The van der Waals surface area contributed by atoms with E-state index >= 15 is 0 Å². The second-order valence-electron chi connectivity index (χ2n) is 11.0. The third kappa shape index (κ3) is 5.53. The highest BCUT2D eigenvalue weighted by Gasteiger charge is 2.58. The first kappa shape index (κ1) is 27.9. The molecule has 10 heteroatoms. The maximum absolute atomic E-state index is 13.6. The van der Waals surface area contributed by atoms with Crippen LogP contribution in [0.5, 0.6) is 0 Å². The number of aliphatic hydroxyl groups excluding tert-OH is 1. The summed E-state index contributed by atoms with van der Waals surface area (Å²) in [6, 6.07) is 12.9. The van der Waals surface area contributed by atoms with E-state index in [0.717, 1.165) is 5.56 Å². The van der Waals surface area contributed by atoms with E-state index in [1.165, 1.54) is 6.92 Å². The third-order valence-electron chi connectivity index (χ3n) is 7.57. The normalized spacial score (nSPS) is 25.5. The molecule has 2 fully saturated rings. The van der Waals surface area contributed by atoms with Crippen molar-refractivity contribution in [3.05, 3.63) is 54.2 Å². The predicted octanol–water partition coefficient (Wildman–Crippen LogP) is 3.21. The van der Waals surface area contributed by atoms with Gasteiger partial charge in [-0.15, -0.1) is 0 Å². The molecule has 1 aromatic heterocycles. The van der Waals surface area contributed by atoms with Gasteiger partial charge in [0.15, 0.2) is 5.78 Å².